The third-order valence-corrected chi connectivity index (χ3v) is 4.77. The highest BCUT2D eigenvalue weighted by molar-refractivity contribution is 5.91. The third-order valence-electron chi connectivity index (χ3n) is 4.77. The van der Waals surface area contributed by atoms with E-state index in [4.69, 9.17) is 10.2 Å². The normalized spacial score (nSPS) is 10.9. The molecule has 0 bridgehead atoms. The van der Waals surface area contributed by atoms with Crippen molar-refractivity contribution in [3.05, 3.63) is 102 Å². The van der Waals surface area contributed by atoms with Gasteiger partial charge in [-0.15, -0.1) is 0 Å². The van der Waals surface area contributed by atoms with Crippen LogP contribution < -0.4 is 5.43 Å². The molecule has 0 aliphatic rings. The van der Waals surface area contributed by atoms with Crippen molar-refractivity contribution in [3.8, 4) is 16.9 Å². The first-order valence-corrected chi connectivity index (χ1v) is 9.72. The lowest BCUT2D eigenvalue weighted by Gasteiger charge is -2.02. The Hall–Kier alpha value is -4.79. The average molecular weight is 444 g/mol. The molecule has 1 aromatic heterocycles. The van der Waals surface area contributed by atoms with E-state index in [1.165, 1.54) is 36.4 Å². The van der Waals surface area contributed by atoms with Gasteiger partial charge in [-0.1, -0.05) is 12.1 Å². The number of hydrogen-bond acceptors (Lipinski definition) is 5. The summed E-state index contributed by atoms with van der Waals surface area (Å²) < 4.78 is 14.7. The van der Waals surface area contributed by atoms with Crippen LogP contribution in [-0.4, -0.2) is 38.1 Å². The molecule has 8 nitrogen and oxygen atoms in total. The molecule has 1 heterocycles. The highest BCUT2D eigenvalue weighted by Crippen LogP contribution is 2.24. The summed E-state index contributed by atoms with van der Waals surface area (Å²) in [6.45, 7) is 0. The predicted octanol–water partition coefficient (Wildman–Crippen LogP) is 4.52. The Labute approximate surface area is 187 Å². The molecule has 3 aromatic carbocycles. The maximum Gasteiger partial charge on any atom is 0.335 e. The number of aromatic nitrogens is 2. The molecule has 0 spiro atoms. The van der Waals surface area contributed by atoms with Crippen LogP contribution in [0.5, 0.6) is 0 Å². The summed E-state index contributed by atoms with van der Waals surface area (Å²) in [7, 11) is 0. The molecule has 4 aromatic rings. The summed E-state index contributed by atoms with van der Waals surface area (Å²) >= 11 is 0. The smallest absolute Gasteiger partial charge is 0.335 e. The lowest BCUT2D eigenvalue weighted by atomic mass is 10.1. The van der Waals surface area contributed by atoms with E-state index in [1.807, 2.05) is 0 Å². The van der Waals surface area contributed by atoms with Crippen LogP contribution in [0.3, 0.4) is 0 Å². The Morgan fingerprint density at radius 1 is 0.879 bits per heavy atom. The number of rotatable bonds is 7. The summed E-state index contributed by atoms with van der Waals surface area (Å²) in [5.74, 6) is -2.41. The molecule has 0 radical (unpaired) electrons. The Morgan fingerprint density at radius 3 is 2.03 bits per heavy atom. The van der Waals surface area contributed by atoms with Gasteiger partial charge in [0.25, 0.3) is 0 Å². The van der Waals surface area contributed by atoms with E-state index >= 15 is 0 Å². The van der Waals surface area contributed by atoms with Crippen molar-refractivity contribution < 1.29 is 24.2 Å². The molecule has 0 saturated heterocycles. The van der Waals surface area contributed by atoms with Gasteiger partial charge >= 0.3 is 11.9 Å². The summed E-state index contributed by atoms with van der Waals surface area (Å²) in [5.41, 5.74) is 6.18. The van der Waals surface area contributed by atoms with E-state index in [0.717, 1.165) is 0 Å². The predicted molar refractivity (Wildman–Crippen MR) is 121 cm³/mol. The molecule has 0 saturated carbocycles. The molecule has 3 N–H and O–H groups in total. The minimum absolute atomic E-state index is 0.149. The first kappa shape index (κ1) is 21.4. The lowest BCUT2D eigenvalue weighted by molar-refractivity contribution is 0.0686. The number of aromatic carboxylic acids is 2. The molecule has 0 aliphatic heterocycles. The number of nitrogens with zero attached hydrogens (tertiary/aromatic N) is 3. The van der Waals surface area contributed by atoms with Gasteiger partial charge in [-0.3, -0.25) is 5.43 Å². The fourth-order valence-corrected chi connectivity index (χ4v) is 3.07. The van der Waals surface area contributed by atoms with Gasteiger partial charge in [-0.05, 0) is 60.7 Å². The maximum absolute atomic E-state index is 13.1. The molecule has 0 fully saturated rings. The Kier molecular flexibility index (Phi) is 5.94. The van der Waals surface area contributed by atoms with Gasteiger partial charge < -0.3 is 10.2 Å². The van der Waals surface area contributed by atoms with E-state index in [-0.39, 0.29) is 16.9 Å². The standard InChI is InChI=1S/C24H17FN4O4/c25-19-7-9-20(10-8-19)27-26-13-18-14-29(21-11-5-17(6-12-21)24(32)33)28-22(18)15-1-3-16(4-2-15)23(30)31/h1-14,27H,(H,30,31)(H,32,33)/b26-13+. The number of carboxylic acid groups (broad SMARTS) is 2. The molecular formula is C24H17FN4O4. The van der Waals surface area contributed by atoms with E-state index in [9.17, 15) is 14.0 Å². The number of benzene rings is 3. The number of halogens is 1. The van der Waals surface area contributed by atoms with Crippen molar-refractivity contribution >= 4 is 23.8 Å². The summed E-state index contributed by atoms with van der Waals surface area (Å²) in [6, 6.07) is 18.2. The van der Waals surface area contributed by atoms with Gasteiger partial charge in [0.2, 0.25) is 0 Å². The first-order valence-electron chi connectivity index (χ1n) is 9.72. The summed E-state index contributed by atoms with van der Waals surface area (Å²) in [4.78, 5) is 22.3. The Balaban J connectivity index is 1.69. The average Bonchev–Trinajstić information content (AvgIpc) is 3.24. The molecule has 9 heteroatoms. The second-order valence-corrected chi connectivity index (χ2v) is 6.99. The largest absolute Gasteiger partial charge is 0.478 e. The third kappa shape index (κ3) is 4.93. The van der Waals surface area contributed by atoms with Gasteiger partial charge in [-0.2, -0.15) is 10.2 Å². The second-order valence-electron chi connectivity index (χ2n) is 6.99. The number of anilines is 1. The maximum atomic E-state index is 13.1. The van der Waals surface area contributed by atoms with Crippen LogP contribution in [0.4, 0.5) is 10.1 Å². The van der Waals surface area contributed by atoms with Crippen LogP contribution in [0, 0.1) is 5.82 Å². The van der Waals surface area contributed by atoms with Crippen molar-refractivity contribution in [2.75, 3.05) is 5.43 Å². The number of nitrogens with one attached hydrogen (secondary N) is 1. The molecule has 164 valence electrons. The summed E-state index contributed by atoms with van der Waals surface area (Å²) in [5, 5.41) is 27.0. The zero-order valence-corrected chi connectivity index (χ0v) is 17.0. The minimum atomic E-state index is -1.03. The second kappa shape index (κ2) is 9.15. The zero-order chi connectivity index (χ0) is 23.4. The number of carbonyl (C=O) groups is 2. The number of hydrogen-bond donors (Lipinski definition) is 3. The number of carboxylic acids is 2. The minimum Gasteiger partial charge on any atom is -0.478 e. The SMILES string of the molecule is O=C(O)c1ccc(-c2nn(-c3ccc(C(=O)O)cc3)cc2/C=N/Nc2ccc(F)cc2)cc1. The van der Waals surface area contributed by atoms with Crippen LogP contribution in [0.15, 0.2) is 84.1 Å². The van der Waals surface area contributed by atoms with E-state index in [2.05, 4.69) is 15.6 Å². The van der Waals surface area contributed by atoms with Gasteiger partial charge in [0.1, 0.15) is 11.5 Å². The molecule has 4 rings (SSSR count). The van der Waals surface area contributed by atoms with Crippen molar-refractivity contribution in [2.24, 2.45) is 5.10 Å². The zero-order valence-electron chi connectivity index (χ0n) is 17.0. The Morgan fingerprint density at radius 2 is 1.45 bits per heavy atom. The highest BCUT2D eigenvalue weighted by Gasteiger charge is 2.13. The van der Waals surface area contributed by atoms with E-state index in [0.29, 0.717) is 28.2 Å². The van der Waals surface area contributed by atoms with Crippen LogP contribution >= 0.6 is 0 Å². The lowest BCUT2D eigenvalue weighted by Crippen LogP contribution is -1.99. The fraction of sp³-hybridized carbons (Fsp3) is 0. The molecule has 0 aliphatic carbocycles. The van der Waals surface area contributed by atoms with Crippen molar-refractivity contribution in [3.63, 3.8) is 0 Å². The quantitative estimate of drug-likeness (QED) is 0.285. The molecule has 0 atom stereocenters. The first-order chi connectivity index (χ1) is 15.9. The molecule has 0 amide bonds. The molecular weight excluding hydrogens is 427 g/mol. The molecule has 0 unspecified atom stereocenters. The van der Waals surface area contributed by atoms with Crippen LogP contribution in [0.2, 0.25) is 0 Å². The monoisotopic (exact) mass is 444 g/mol. The highest BCUT2D eigenvalue weighted by atomic mass is 19.1. The van der Waals surface area contributed by atoms with Gasteiger partial charge in [0.05, 0.1) is 28.7 Å². The van der Waals surface area contributed by atoms with Crippen molar-refractivity contribution in [1.29, 1.82) is 0 Å². The van der Waals surface area contributed by atoms with Gasteiger partial charge in [0, 0.05) is 17.3 Å². The van der Waals surface area contributed by atoms with E-state index < -0.39 is 11.9 Å². The van der Waals surface area contributed by atoms with Gasteiger partial charge in [-0.25, -0.2) is 18.7 Å². The topological polar surface area (TPSA) is 117 Å². The van der Waals surface area contributed by atoms with Crippen molar-refractivity contribution in [2.45, 2.75) is 0 Å². The van der Waals surface area contributed by atoms with Crippen LogP contribution in [-0.2, 0) is 0 Å². The summed E-state index contributed by atoms with van der Waals surface area (Å²) in [6.07, 6.45) is 3.25. The van der Waals surface area contributed by atoms with Crippen LogP contribution in [0.25, 0.3) is 16.9 Å². The molecule has 33 heavy (non-hydrogen) atoms. The number of hydrazone groups is 1. The van der Waals surface area contributed by atoms with Gasteiger partial charge in [0.15, 0.2) is 0 Å². The van der Waals surface area contributed by atoms with Crippen LogP contribution in [0.1, 0.15) is 26.3 Å². The fourth-order valence-electron chi connectivity index (χ4n) is 3.07. The van der Waals surface area contributed by atoms with Crippen molar-refractivity contribution in [1.82, 2.24) is 9.78 Å². The van der Waals surface area contributed by atoms with E-state index in [1.54, 1.807) is 53.5 Å². The Bertz CT molecular complexity index is 1330.